The number of amides is 1. The van der Waals surface area contributed by atoms with Crippen molar-refractivity contribution in [3.8, 4) is 0 Å². The van der Waals surface area contributed by atoms with Crippen LogP contribution < -0.4 is 5.32 Å². The fraction of sp³-hybridized carbons (Fsp3) is 0.304. The summed E-state index contributed by atoms with van der Waals surface area (Å²) < 4.78 is 27.9. The number of para-hydroxylation sites is 1. The van der Waals surface area contributed by atoms with Gasteiger partial charge in [-0.2, -0.15) is 0 Å². The van der Waals surface area contributed by atoms with Gasteiger partial charge in [0.1, 0.15) is 11.6 Å². The molecule has 2 aromatic carbocycles. The summed E-state index contributed by atoms with van der Waals surface area (Å²) in [7, 11) is 0. The molecule has 1 fully saturated rings. The highest BCUT2D eigenvalue weighted by atomic mass is 19.1. The number of nitrogens with one attached hydrogen (secondary N) is 1. The normalized spacial score (nSPS) is 16.1. The van der Waals surface area contributed by atoms with Crippen LogP contribution in [0, 0.1) is 11.6 Å². The predicted octanol–water partition coefficient (Wildman–Crippen LogP) is 5.19. The minimum Gasteiger partial charge on any atom is -0.346 e. The molecule has 0 spiro atoms. The van der Waals surface area contributed by atoms with Gasteiger partial charge in [0.05, 0.1) is 11.1 Å². The molecule has 3 aromatic rings. The number of pyridine rings is 1. The summed E-state index contributed by atoms with van der Waals surface area (Å²) in [5.41, 5.74) is 1.03. The maximum atomic E-state index is 14.2. The average molecular weight is 380 g/mol. The van der Waals surface area contributed by atoms with Crippen molar-refractivity contribution in [3.63, 3.8) is 0 Å². The molecule has 0 unspecified atom stereocenters. The number of fused-ring (bicyclic) bond motifs is 1. The van der Waals surface area contributed by atoms with Crippen LogP contribution in [0.25, 0.3) is 10.9 Å². The summed E-state index contributed by atoms with van der Waals surface area (Å²) in [6.07, 6.45) is 6.33. The molecular weight excluding hydrogens is 358 g/mol. The molecule has 5 heteroatoms. The van der Waals surface area contributed by atoms with Crippen LogP contribution in [-0.4, -0.2) is 16.4 Å². The molecule has 0 saturated heterocycles. The molecule has 1 aliphatic carbocycles. The minimum absolute atomic E-state index is 0.225. The Hall–Kier alpha value is -2.82. The fourth-order valence-corrected chi connectivity index (χ4v) is 4.13. The highest BCUT2D eigenvalue weighted by molar-refractivity contribution is 5.97. The average Bonchev–Trinajstić information content (AvgIpc) is 2.71. The maximum absolute atomic E-state index is 14.2. The fourth-order valence-electron chi connectivity index (χ4n) is 4.13. The van der Waals surface area contributed by atoms with E-state index in [1.54, 1.807) is 6.20 Å². The second-order valence-corrected chi connectivity index (χ2v) is 7.62. The van der Waals surface area contributed by atoms with E-state index in [4.69, 9.17) is 0 Å². The summed E-state index contributed by atoms with van der Waals surface area (Å²) in [6, 6.07) is 12.9. The minimum atomic E-state index is -0.574. The first-order valence-electron chi connectivity index (χ1n) is 9.66. The summed E-state index contributed by atoms with van der Waals surface area (Å²) >= 11 is 0. The van der Waals surface area contributed by atoms with Crippen LogP contribution in [0.1, 0.15) is 48.0 Å². The first-order valence-corrected chi connectivity index (χ1v) is 9.66. The van der Waals surface area contributed by atoms with Crippen molar-refractivity contribution in [2.24, 2.45) is 0 Å². The van der Waals surface area contributed by atoms with Gasteiger partial charge in [-0.25, -0.2) is 8.78 Å². The van der Waals surface area contributed by atoms with E-state index in [1.807, 2.05) is 30.3 Å². The van der Waals surface area contributed by atoms with Crippen LogP contribution in [0.15, 0.2) is 54.7 Å². The Bertz CT molecular complexity index is 1010. The van der Waals surface area contributed by atoms with Crippen LogP contribution in [-0.2, 0) is 6.42 Å². The third-order valence-corrected chi connectivity index (χ3v) is 5.58. The van der Waals surface area contributed by atoms with Gasteiger partial charge >= 0.3 is 0 Å². The molecule has 0 radical (unpaired) electrons. The van der Waals surface area contributed by atoms with Gasteiger partial charge in [-0.3, -0.25) is 9.78 Å². The van der Waals surface area contributed by atoms with Gasteiger partial charge in [-0.1, -0.05) is 37.5 Å². The van der Waals surface area contributed by atoms with Crippen LogP contribution in [0.3, 0.4) is 0 Å². The van der Waals surface area contributed by atoms with Crippen molar-refractivity contribution in [1.82, 2.24) is 10.3 Å². The molecule has 1 amide bonds. The summed E-state index contributed by atoms with van der Waals surface area (Å²) in [4.78, 5) is 17.3. The molecule has 1 N–H and O–H groups in total. The molecule has 4 rings (SSSR count). The van der Waals surface area contributed by atoms with E-state index in [0.29, 0.717) is 11.1 Å². The van der Waals surface area contributed by atoms with Crippen molar-refractivity contribution in [3.05, 3.63) is 77.5 Å². The van der Waals surface area contributed by atoms with Crippen molar-refractivity contribution in [1.29, 1.82) is 0 Å². The number of carbonyl (C=O) groups excluding carboxylic acids is 1. The number of carbonyl (C=O) groups is 1. The highest BCUT2D eigenvalue weighted by Crippen LogP contribution is 2.32. The van der Waals surface area contributed by atoms with Crippen LogP contribution >= 0.6 is 0 Å². The Morgan fingerprint density at radius 3 is 2.64 bits per heavy atom. The molecule has 144 valence electrons. The first-order chi connectivity index (χ1) is 13.5. The molecule has 1 aromatic heterocycles. The van der Waals surface area contributed by atoms with E-state index in [-0.39, 0.29) is 12.3 Å². The largest absolute Gasteiger partial charge is 0.346 e. The molecule has 28 heavy (non-hydrogen) atoms. The van der Waals surface area contributed by atoms with Crippen LogP contribution in [0.2, 0.25) is 0 Å². The third-order valence-electron chi connectivity index (χ3n) is 5.58. The third kappa shape index (κ3) is 3.88. The molecule has 0 bridgehead atoms. The monoisotopic (exact) mass is 380 g/mol. The molecule has 0 atom stereocenters. The van der Waals surface area contributed by atoms with Gasteiger partial charge in [-0.15, -0.1) is 0 Å². The Labute approximate surface area is 162 Å². The molecule has 1 saturated carbocycles. The molecule has 1 aliphatic rings. The first kappa shape index (κ1) is 18.5. The highest BCUT2D eigenvalue weighted by Gasteiger charge is 2.35. The van der Waals surface area contributed by atoms with Crippen molar-refractivity contribution in [2.45, 2.75) is 44.1 Å². The van der Waals surface area contributed by atoms with Gasteiger partial charge in [0.25, 0.3) is 5.91 Å². The van der Waals surface area contributed by atoms with Crippen molar-refractivity contribution < 1.29 is 13.6 Å². The Morgan fingerprint density at radius 2 is 1.82 bits per heavy atom. The van der Waals surface area contributed by atoms with E-state index >= 15 is 0 Å². The van der Waals surface area contributed by atoms with Gasteiger partial charge in [0, 0.05) is 17.1 Å². The molecule has 3 nitrogen and oxygen atoms in total. The molecule has 1 heterocycles. The zero-order valence-corrected chi connectivity index (χ0v) is 15.6. The lowest BCUT2D eigenvalue weighted by Crippen LogP contribution is -2.51. The van der Waals surface area contributed by atoms with Crippen LogP contribution in [0.5, 0.6) is 0 Å². The lowest BCUT2D eigenvalue weighted by Gasteiger charge is -2.38. The molecular formula is C23H22F2N2O. The van der Waals surface area contributed by atoms with E-state index < -0.39 is 17.2 Å². The van der Waals surface area contributed by atoms with Gasteiger partial charge < -0.3 is 5.32 Å². The topological polar surface area (TPSA) is 42.0 Å². The predicted molar refractivity (Wildman–Crippen MR) is 105 cm³/mol. The van der Waals surface area contributed by atoms with Crippen molar-refractivity contribution in [2.75, 3.05) is 0 Å². The van der Waals surface area contributed by atoms with Gasteiger partial charge in [0.2, 0.25) is 0 Å². The Kier molecular flexibility index (Phi) is 5.07. The number of rotatable bonds is 4. The number of hydrogen-bond acceptors (Lipinski definition) is 2. The van der Waals surface area contributed by atoms with Crippen molar-refractivity contribution >= 4 is 16.8 Å². The zero-order valence-electron chi connectivity index (χ0n) is 15.6. The van der Waals surface area contributed by atoms with E-state index in [1.165, 1.54) is 6.07 Å². The standard InChI is InChI=1S/C23H22F2N2O/c24-19-8-9-20(25)17(13-19)14-23(10-4-1-5-11-23)27-22(28)18-12-16-6-2-3-7-21(16)26-15-18/h2-3,6-9,12-13,15H,1,4-5,10-11,14H2,(H,27,28). The number of halogens is 2. The van der Waals surface area contributed by atoms with E-state index in [9.17, 15) is 13.6 Å². The Morgan fingerprint density at radius 1 is 1.04 bits per heavy atom. The molecule has 0 aliphatic heterocycles. The number of nitrogens with zero attached hydrogens (tertiary/aromatic N) is 1. The second-order valence-electron chi connectivity index (χ2n) is 7.62. The summed E-state index contributed by atoms with van der Waals surface area (Å²) in [6.45, 7) is 0. The Balaban J connectivity index is 1.61. The summed E-state index contributed by atoms with van der Waals surface area (Å²) in [5, 5.41) is 4.03. The van der Waals surface area contributed by atoms with E-state index in [2.05, 4.69) is 10.3 Å². The lowest BCUT2D eigenvalue weighted by atomic mass is 9.77. The SMILES string of the molecule is O=C(NC1(Cc2cc(F)ccc2F)CCCCC1)c1cnc2ccccc2c1. The van der Waals surface area contributed by atoms with Gasteiger partial charge in [-0.05, 0) is 55.2 Å². The second kappa shape index (κ2) is 7.66. The quantitative estimate of drug-likeness (QED) is 0.677. The van der Waals surface area contributed by atoms with E-state index in [0.717, 1.165) is 55.1 Å². The number of hydrogen-bond donors (Lipinski definition) is 1. The number of aromatic nitrogens is 1. The zero-order chi connectivity index (χ0) is 19.6. The maximum Gasteiger partial charge on any atom is 0.253 e. The van der Waals surface area contributed by atoms with Gasteiger partial charge in [0.15, 0.2) is 0 Å². The summed E-state index contributed by atoms with van der Waals surface area (Å²) in [5.74, 6) is -1.13. The lowest BCUT2D eigenvalue weighted by molar-refractivity contribution is 0.0867. The number of benzene rings is 2. The smallest absolute Gasteiger partial charge is 0.253 e. The van der Waals surface area contributed by atoms with Crippen LogP contribution in [0.4, 0.5) is 8.78 Å².